The van der Waals surface area contributed by atoms with Gasteiger partial charge in [-0.2, -0.15) is 0 Å². The molecule has 2 aromatic rings. The van der Waals surface area contributed by atoms with Gasteiger partial charge in [-0.15, -0.1) is 5.10 Å². The van der Waals surface area contributed by atoms with E-state index in [1.165, 1.54) is 0 Å². The number of carbonyl (C=O) groups excluding carboxylic acids is 4. The van der Waals surface area contributed by atoms with Crippen LogP contribution in [0.4, 0.5) is 4.79 Å². The van der Waals surface area contributed by atoms with Gasteiger partial charge in [-0.3, -0.25) is 19.1 Å². The molecule has 0 unspecified atom stereocenters. The molecular weight excluding hydrogens is 572 g/mol. The highest BCUT2D eigenvalue weighted by Crippen LogP contribution is 2.41. The van der Waals surface area contributed by atoms with Crippen LogP contribution in [0, 0.1) is 36.5 Å². The highest BCUT2D eigenvalue weighted by atomic mass is 16.6. The lowest BCUT2D eigenvalue weighted by atomic mass is 9.75. The average molecular weight is 623 g/mol. The number of hydrogen-bond donors (Lipinski definition) is 0. The molecule has 0 radical (unpaired) electrons. The van der Waals surface area contributed by atoms with E-state index in [0.29, 0.717) is 38.8 Å². The Morgan fingerprint density at radius 2 is 1.62 bits per heavy atom. The number of carbonyl (C=O) groups is 4. The van der Waals surface area contributed by atoms with E-state index in [1.54, 1.807) is 23.4 Å². The summed E-state index contributed by atoms with van der Waals surface area (Å²) in [6, 6.07) is 7.47. The fourth-order valence-corrected chi connectivity index (χ4v) is 7.41. The minimum Gasteiger partial charge on any atom is -0.458 e. The average Bonchev–Trinajstić information content (AvgIpc) is 3.57. The number of esters is 1. The van der Waals surface area contributed by atoms with Crippen LogP contribution in [0.5, 0.6) is 0 Å². The number of ether oxygens (including phenoxy) is 2. The van der Waals surface area contributed by atoms with Crippen LogP contribution in [0.3, 0.4) is 0 Å². The normalized spacial score (nSPS) is 31.7. The lowest BCUT2D eigenvalue weighted by molar-refractivity contribution is -0.171. The Morgan fingerprint density at radius 1 is 0.956 bits per heavy atom. The zero-order chi connectivity index (χ0) is 33.1. The van der Waals surface area contributed by atoms with Gasteiger partial charge in [-0.05, 0) is 64.9 Å². The van der Waals surface area contributed by atoms with Crippen molar-refractivity contribution in [1.82, 2.24) is 19.9 Å². The summed E-state index contributed by atoms with van der Waals surface area (Å²) < 4.78 is 13.8. The Bertz CT molecular complexity index is 1390. The first-order valence-corrected chi connectivity index (χ1v) is 16.5. The maximum absolute atomic E-state index is 13.9. The predicted molar refractivity (Wildman–Crippen MR) is 170 cm³/mol. The summed E-state index contributed by atoms with van der Waals surface area (Å²) in [7, 11) is 0. The smallest absolute Gasteiger partial charge is 0.410 e. The van der Waals surface area contributed by atoms with Gasteiger partial charge in [0, 0.05) is 36.4 Å². The number of amides is 1. The number of cyclic esters (lactones) is 1. The molecule has 2 fully saturated rings. The first kappa shape index (κ1) is 34.3. The van der Waals surface area contributed by atoms with Crippen LogP contribution in [0.2, 0.25) is 0 Å². The van der Waals surface area contributed by atoms with E-state index in [1.807, 2.05) is 65.9 Å². The molecule has 0 bridgehead atoms. The van der Waals surface area contributed by atoms with Gasteiger partial charge in [0.05, 0.1) is 12.2 Å². The Labute approximate surface area is 267 Å². The van der Waals surface area contributed by atoms with Crippen LogP contribution >= 0.6 is 0 Å². The highest BCUT2D eigenvalue weighted by molar-refractivity contribution is 5.99. The van der Waals surface area contributed by atoms with Crippen molar-refractivity contribution >= 4 is 23.6 Å². The molecule has 4 rings (SSSR count). The van der Waals surface area contributed by atoms with Gasteiger partial charge in [0.1, 0.15) is 29.3 Å². The molecule has 1 aromatic carbocycles. The van der Waals surface area contributed by atoms with Crippen molar-refractivity contribution in [2.45, 2.75) is 112 Å². The largest absolute Gasteiger partial charge is 0.458 e. The summed E-state index contributed by atoms with van der Waals surface area (Å²) >= 11 is 0. The van der Waals surface area contributed by atoms with Gasteiger partial charge in [0.15, 0.2) is 5.60 Å². The standard InChI is InChI=1S/C35H50N4O6/c1-9-29-35(8)32(25(6)30(40)23(4)17-22(3)18-24(5)31(41)26(7)33(42)44-29)39(34(43)45-35)16-11-10-15-38-20-28(36-37-38)27-14-12-13-21(2)19-27/h12-14,19-20,22-26,29,32H,9-11,15-18H2,1-8H3/t22-,23+,24+,25-,26+,29+,32-,35+/m0/s1. The predicted octanol–water partition coefficient (Wildman–Crippen LogP) is 6.05. The van der Waals surface area contributed by atoms with Gasteiger partial charge in [0.25, 0.3) is 0 Å². The molecule has 10 nitrogen and oxygen atoms in total. The summed E-state index contributed by atoms with van der Waals surface area (Å²) in [6.07, 6.45) is 3.52. The van der Waals surface area contributed by atoms with Crippen LogP contribution in [0.25, 0.3) is 11.3 Å². The van der Waals surface area contributed by atoms with Crippen LogP contribution in [0.1, 0.15) is 86.1 Å². The number of hydrogen-bond acceptors (Lipinski definition) is 8. The van der Waals surface area contributed by atoms with Crippen molar-refractivity contribution in [1.29, 1.82) is 0 Å². The van der Waals surface area contributed by atoms with Gasteiger partial charge in [-0.25, -0.2) is 4.79 Å². The molecule has 2 aliphatic rings. The third kappa shape index (κ3) is 7.47. The third-order valence-electron chi connectivity index (χ3n) is 9.81. The molecule has 8 atom stereocenters. The van der Waals surface area contributed by atoms with Crippen molar-refractivity contribution in [2.24, 2.45) is 29.6 Å². The van der Waals surface area contributed by atoms with Gasteiger partial charge < -0.3 is 14.4 Å². The minimum absolute atomic E-state index is 0.0401. The molecule has 2 aliphatic heterocycles. The number of ketones is 2. The molecule has 45 heavy (non-hydrogen) atoms. The highest BCUT2D eigenvalue weighted by Gasteiger charge is 2.59. The van der Waals surface area contributed by atoms with Crippen molar-refractivity contribution in [2.75, 3.05) is 6.54 Å². The molecule has 1 aromatic heterocycles. The van der Waals surface area contributed by atoms with Gasteiger partial charge in [0.2, 0.25) is 0 Å². The number of fused-ring (bicyclic) bond motifs is 1. The summed E-state index contributed by atoms with van der Waals surface area (Å²) in [5.74, 6) is -2.73. The molecule has 0 aliphatic carbocycles. The summed E-state index contributed by atoms with van der Waals surface area (Å²) in [5.41, 5.74) is 1.70. The number of Topliss-reactive ketones (excluding diaryl/α,β-unsaturated/α-hetero) is 2. The molecule has 3 heterocycles. The van der Waals surface area contributed by atoms with Gasteiger partial charge in [-0.1, -0.05) is 63.6 Å². The fourth-order valence-electron chi connectivity index (χ4n) is 7.41. The Hall–Kier alpha value is -3.56. The molecular formula is C35H50N4O6. The molecule has 0 spiro atoms. The van der Waals surface area contributed by atoms with E-state index in [-0.39, 0.29) is 29.3 Å². The number of benzene rings is 1. The Morgan fingerprint density at radius 3 is 2.29 bits per heavy atom. The second-order valence-corrected chi connectivity index (χ2v) is 13.7. The van der Waals surface area contributed by atoms with Crippen molar-refractivity contribution < 1.29 is 28.7 Å². The minimum atomic E-state index is -1.27. The van der Waals surface area contributed by atoms with E-state index in [4.69, 9.17) is 9.47 Å². The maximum Gasteiger partial charge on any atom is 0.410 e. The second-order valence-electron chi connectivity index (χ2n) is 13.7. The molecule has 2 saturated heterocycles. The van der Waals surface area contributed by atoms with Crippen LogP contribution in [0.15, 0.2) is 30.5 Å². The van der Waals surface area contributed by atoms with Crippen LogP contribution in [-0.4, -0.2) is 67.8 Å². The van der Waals surface area contributed by atoms with Crippen molar-refractivity contribution in [3.8, 4) is 11.3 Å². The summed E-state index contributed by atoms with van der Waals surface area (Å²) in [4.78, 5) is 55.5. The van der Waals surface area contributed by atoms with Crippen LogP contribution < -0.4 is 0 Å². The first-order chi connectivity index (χ1) is 21.3. The number of unbranched alkanes of at least 4 members (excludes halogenated alkanes) is 1. The zero-order valence-electron chi connectivity index (χ0n) is 28.1. The van der Waals surface area contributed by atoms with E-state index in [9.17, 15) is 19.2 Å². The van der Waals surface area contributed by atoms with Crippen molar-refractivity contribution in [3.63, 3.8) is 0 Å². The molecule has 1 amide bonds. The Kier molecular flexibility index (Phi) is 10.9. The molecule has 10 heteroatoms. The Balaban J connectivity index is 1.54. The lowest BCUT2D eigenvalue weighted by Gasteiger charge is -2.40. The van der Waals surface area contributed by atoms with E-state index >= 15 is 0 Å². The topological polar surface area (TPSA) is 121 Å². The number of aryl methyl sites for hydroxylation is 2. The van der Waals surface area contributed by atoms with Crippen molar-refractivity contribution in [3.05, 3.63) is 36.0 Å². The molecule has 0 saturated carbocycles. The van der Waals surface area contributed by atoms with Gasteiger partial charge >= 0.3 is 12.1 Å². The fraction of sp³-hybridized carbons (Fsp3) is 0.657. The number of aromatic nitrogens is 3. The quantitative estimate of drug-likeness (QED) is 0.208. The summed E-state index contributed by atoms with van der Waals surface area (Å²) in [5, 5.41) is 8.60. The monoisotopic (exact) mass is 622 g/mol. The van der Waals surface area contributed by atoms with E-state index in [0.717, 1.165) is 23.2 Å². The first-order valence-electron chi connectivity index (χ1n) is 16.5. The summed E-state index contributed by atoms with van der Waals surface area (Å²) in [6.45, 7) is 15.9. The third-order valence-corrected chi connectivity index (χ3v) is 9.81. The zero-order valence-corrected chi connectivity index (χ0v) is 28.1. The second kappa shape index (κ2) is 14.3. The van der Waals surface area contributed by atoms with Crippen LogP contribution in [-0.2, 0) is 30.4 Å². The molecule has 246 valence electrons. The van der Waals surface area contributed by atoms with E-state index in [2.05, 4.69) is 16.4 Å². The SMILES string of the molecule is CC[C@H]1OC(=O)[C@H](C)C(=O)[C@H](C)C[C@@H](C)C[C@@H](C)C(=O)[C@H](C)[C@@H]2N(CCCCn3cc(-c4cccc(C)c4)nn3)C(=O)O[C@@]21C. The number of nitrogens with zero attached hydrogens (tertiary/aromatic N) is 4. The van der Waals surface area contributed by atoms with E-state index < -0.39 is 41.6 Å². The molecule has 0 N–H and O–H groups in total. The number of rotatable bonds is 7. The maximum atomic E-state index is 13.9. The lowest BCUT2D eigenvalue weighted by Crippen LogP contribution is -2.57.